The Labute approximate surface area is 99.8 Å². The predicted molar refractivity (Wildman–Crippen MR) is 61.9 cm³/mol. The molecule has 1 aliphatic carbocycles. The second kappa shape index (κ2) is 5.11. The Morgan fingerprint density at radius 1 is 0.941 bits per heavy atom. The summed E-state index contributed by atoms with van der Waals surface area (Å²) in [5.41, 5.74) is 0.348. The Hall–Kier alpha value is -0.990. The Balaban J connectivity index is 2.20. The minimum atomic E-state index is -4.22. The molecule has 17 heavy (non-hydrogen) atoms. The second-order valence-electron chi connectivity index (χ2n) is 4.81. The molecule has 0 aromatic heterocycles. The van der Waals surface area contributed by atoms with E-state index >= 15 is 0 Å². The van der Waals surface area contributed by atoms with Crippen LogP contribution in [0.25, 0.3) is 0 Å². The van der Waals surface area contributed by atoms with Crippen molar-refractivity contribution < 1.29 is 13.2 Å². The van der Waals surface area contributed by atoms with Gasteiger partial charge in [-0.25, -0.2) is 0 Å². The van der Waals surface area contributed by atoms with Crippen LogP contribution >= 0.6 is 0 Å². The molecule has 0 heterocycles. The molecule has 0 amide bonds. The monoisotopic (exact) mass is 242 g/mol. The molecule has 0 atom stereocenters. The van der Waals surface area contributed by atoms with E-state index in [4.69, 9.17) is 0 Å². The topological polar surface area (TPSA) is 0 Å². The van der Waals surface area contributed by atoms with Gasteiger partial charge in [0.05, 0.1) is 5.56 Å². The highest BCUT2D eigenvalue weighted by atomic mass is 19.4. The molecule has 94 valence electrons. The summed E-state index contributed by atoms with van der Waals surface area (Å²) < 4.78 is 37.8. The Kier molecular flexibility index (Phi) is 3.75. The molecular formula is C14H17F3. The van der Waals surface area contributed by atoms with Crippen molar-refractivity contribution in [3.63, 3.8) is 0 Å². The van der Waals surface area contributed by atoms with Crippen LogP contribution in [-0.4, -0.2) is 0 Å². The molecule has 1 aromatic rings. The van der Waals surface area contributed by atoms with Gasteiger partial charge in [0.1, 0.15) is 0 Å². The van der Waals surface area contributed by atoms with Crippen LogP contribution < -0.4 is 0 Å². The molecule has 3 heteroatoms. The van der Waals surface area contributed by atoms with Crippen LogP contribution in [0.2, 0.25) is 0 Å². The van der Waals surface area contributed by atoms with E-state index in [0.717, 1.165) is 37.3 Å². The Morgan fingerprint density at radius 2 is 1.59 bits per heavy atom. The predicted octanol–water partition coefficient (Wildman–Crippen LogP) is 5.14. The van der Waals surface area contributed by atoms with Crippen LogP contribution in [0.15, 0.2) is 24.3 Å². The van der Waals surface area contributed by atoms with Crippen LogP contribution in [0.3, 0.4) is 0 Å². The van der Waals surface area contributed by atoms with Gasteiger partial charge in [-0.3, -0.25) is 0 Å². The molecule has 0 unspecified atom stereocenters. The molecule has 1 aromatic carbocycles. The van der Waals surface area contributed by atoms with Crippen LogP contribution in [0.5, 0.6) is 0 Å². The van der Waals surface area contributed by atoms with E-state index < -0.39 is 11.7 Å². The van der Waals surface area contributed by atoms with Gasteiger partial charge in [0, 0.05) is 0 Å². The van der Waals surface area contributed by atoms with E-state index in [9.17, 15) is 13.2 Å². The third-order valence-electron chi connectivity index (χ3n) is 3.54. The maximum atomic E-state index is 12.6. The van der Waals surface area contributed by atoms with Crippen LogP contribution in [0.4, 0.5) is 13.2 Å². The van der Waals surface area contributed by atoms with Gasteiger partial charge in [0.2, 0.25) is 0 Å². The first-order valence-corrected chi connectivity index (χ1v) is 6.24. The number of hydrogen-bond acceptors (Lipinski definition) is 0. The van der Waals surface area contributed by atoms with Crippen molar-refractivity contribution in [3.8, 4) is 0 Å². The summed E-state index contributed by atoms with van der Waals surface area (Å²) in [4.78, 5) is 0. The van der Waals surface area contributed by atoms with Gasteiger partial charge in [0.25, 0.3) is 0 Å². The average molecular weight is 242 g/mol. The smallest absolute Gasteiger partial charge is 0.166 e. The van der Waals surface area contributed by atoms with E-state index in [0.29, 0.717) is 5.92 Å². The van der Waals surface area contributed by atoms with Crippen molar-refractivity contribution in [2.45, 2.75) is 50.6 Å². The number of hydrogen-bond donors (Lipinski definition) is 0. The lowest BCUT2D eigenvalue weighted by molar-refractivity contribution is -0.137. The number of halogens is 3. The Bertz CT molecular complexity index is 360. The quantitative estimate of drug-likeness (QED) is 0.598. The minimum Gasteiger partial charge on any atom is -0.166 e. The summed E-state index contributed by atoms with van der Waals surface area (Å²) in [7, 11) is 0. The summed E-state index contributed by atoms with van der Waals surface area (Å²) >= 11 is 0. The fourth-order valence-electron chi connectivity index (χ4n) is 2.58. The first-order chi connectivity index (χ1) is 8.07. The highest BCUT2D eigenvalue weighted by molar-refractivity contribution is 5.28. The first kappa shape index (κ1) is 12.5. The third-order valence-corrected chi connectivity index (χ3v) is 3.54. The van der Waals surface area contributed by atoms with E-state index in [2.05, 4.69) is 0 Å². The van der Waals surface area contributed by atoms with Crippen molar-refractivity contribution in [3.05, 3.63) is 35.4 Å². The van der Waals surface area contributed by atoms with E-state index in [1.807, 2.05) is 6.07 Å². The summed E-state index contributed by atoms with van der Waals surface area (Å²) in [6.45, 7) is 0. The summed E-state index contributed by atoms with van der Waals surface area (Å²) in [6.07, 6.45) is 2.55. The fraction of sp³-hybridized carbons (Fsp3) is 0.571. The molecule has 0 radical (unpaired) electrons. The summed E-state index contributed by atoms with van der Waals surface area (Å²) in [6, 6.07) is 5.85. The molecule has 0 nitrogen and oxygen atoms in total. The zero-order valence-corrected chi connectivity index (χ0v) is 9.76. The average Bonchev–Trinajstić information content (AvgIpc) is 2.56. The van der Waals surface area contributed by atoms with Gasteiger partial charge in [0.15, 0.2) is 0 Å². The normalized spacial score (nSPS) is 19.0. The fourth-order valence-corrected chi connectivity index (χ4v) is 2.58. The molecule has 1 aliphatic rings. The van der Waals surface area contributed by atoms with Crippen LogP contribution in [-0.2, 0) is 6.18 Å². The zero-order chi connectivity index (χ0) is 12.3. The summed E-state index contributed by atoms with van der Waals surface area (Å²) in [5, 5.41) is 0. The lowest BCUT2D eigenvalue weighted by atomic mass is 9.91. The molecule has 1 saturated carbocycles. The standard InChI is InChI=1S/C14H17F3/c15-14(16,17)13-9-5-8-12(10-13)11-6-3-1-2-4-7-11/h5,8-11H,1-4,6-7H2. The molecule has 0 saturated heterocycles. The second-order valence-corrected chi connectivity index (χ2v) is 4.81. The molecule has 0 N–H and O–H groups in total. The lowest BCUT2D eigenvalue weighted by Gasteiger charge is -2.16. The first-order valence-electron chi connectivity index (χ1n) is 6.24. The highest BCUT2D eigenvalue weighted by Gasteiger charge is 2.31. The molecule has 0 aliphatic heterocycles. The van der Waals surface area contributed by atoms with Gasteiger partial charge < -0.3 is 0 Å². The van der Waals surface area contributed by atoms with Crippen molar-refractivity contribution >= 4 is 0 Å². The van der Waals surface area contributed by atoms with E-state index in [1.54, 1.807) is 0 Å². The minimum absolute atomic E-state index is 0.319. The zero-order valence-electron chi connectivity index (χ0n) is 9.76. The van der Waals surface area contributed by atoms with Crippen molar-refractivity contribution in [1.29, 1.82) is 0 Å². The highest BCUT2D eigenvalue weighted by Crippen LogP contribution is 2.35. The SMILES string of the molecule is FC(F)(F)c1cccc(C2CCCCCC2)c1. The van der Waals surface area contributed by atoms with Crippen molar-refractivity contribution in [1.82, 2.24) is 0 Å². The van der Waals surface area contributed by atoms with Crippen molar-refractivity contribution in [2.75, 3.05) is 0 Å². The van der Waals surface area contributed by atoms with Crippen molar-refractivity contribution in [2.24, 2.45) is 0 Å². The van der Waals surface area contributed by atoms with Gasteiger partial charge >= 0.3 is 6.18 Å². The van der Waals surface area contributed by atoms with Crippen LogP contribution in [0.1, 0.15) is 55.6 Å². The molecule has 2 rings (SSSR count). The van der Waals surface area contributed by atoms with Gasteiger partial charge in [-0.05, 0) is 30.4 Å². The molecule has 1 fully saturated rings. The molecule has 0 spiro atoms. The van der Waals surface area contributed by atoms with Gasteiger partial charge in [-0.2, -0.15) is 13.2 Å². The van der Waals surface area contributed by atoms with E-state index in [-0.39, 0.29) is 0 Å². The van der Waals surface area contributed by atoms with Gasteiger partial charge in [-0.1, -0.05) is 43.9 Å². The largest absolute Gasteiger partial charge is 0.416 e. The maximum absolute atomic E-state index is 12.6. The van der Waals surface area contributed by atoms with Crippen LogP contribution in [0, 0.1) is 0 Å². The maximum Gasteiger partial charge on any atom is 0.416 e. The Morgan fingerprint density at radius 3 is 2.18 bits per heavy atom. The van der Waals surface area contributed by atoms with Gasteiger partial charge in [-0.15, -0.1) is 0 Å². The third kappa shape index (κ3) is 3.24. The molecular weight excluding hydrogens is 225 g/mol. The van der Waals surface area contributed by atoms with E-state index in [1.165, 1.54) is 25.0 Å². The number of rotatable bonds is 1. The number of benzene rings is 1. The summed E-state index contributed by atoms with van der Waals surface area (Å²) in [5.74, 6) is 0.319. The number of alkyl halides is 3. The lowest BCUT2D eigenvalue weighted by Crippen LogP contribution is -2.06. The molecule has 0 bridgehead atoms.